The molecule has 4 aromatic carbocycles. The van der Waals surface area contributed by atoms with Crippen LogP contribution in [0, 0.1) is 5.82 Å². The molecule has 4 aromatic rings. The Balaban J connectivity index is 1.42. The summed E-state index contributed by atoms with van der Waals surface area (Å²) in [5.41, 5.74) is 3.29. The van der Waals surface area contributed by atoms with Crippen LogP contribution in [0.3, 0.4) is 0 Å². The fourth-order valence-corrected chi connectivity index (χ4v) is 6.58. The van der Waals surface area contributed by atoms with Gasteiger partial charge in [0.05, 0.1) is 18.4 Å². The standard InChI is InChI=1S/C42H37BrFN3O5S/c1-4-7-18-33(5-2)47-41(50)34(23-31-24-36(51-6-3)37(25-35(31)43)52-26-28-19-21-32(44)22-20-28)40(49)46-42(47)53-27-38(48)45-39(29-14-10-8-11-15-29)30-16-12-9-13-17-30/h4-5,7-25,39H,1,6,26-27H2,2-3H3,(H,45,48)/b18-7-,33-5+,34-23+. The third-order valence-electron chi connectivity index (χ3n) is 7.88. The average molecular weight is 795 g/mol. The second kappa shape index (κ2) is 18.8. The van der Waals surface area contributed by atoms with E-state index in [1.165, 1.54) is 23.1 Å². The van der Waals surface area contributed by atoms with Gasteiger partial charge in [0.2, 0.25) is 5.91 Å². The SMILES string of the molecule is C=C/C=C\C(=C/C)N1C(=O)/C(=C/c2cc(OCC)c(OCc3ccc(F)cc3)cc2Br)C(=O)N=C1SCC(=O)NC(c1ccccc1)c1ccccc1. The summed E-state index contributed by atoms with van der Waals surface area (Å²) in [6.07, 6.45) is 8.05. The van der Waals surface area contributed by atoms with Crippen LogP contribution in [0.25, 0.3) is 6.08 Å². The van der Waals surface area contributed by atoms with E-state index >= 15 is 0 Å². The summed E-state index contributed by atoms with van der Waals surface area (Å²) in [4.78, 5) is 46.9. The topological polar surface area (TPSA) is 97.3 Å². The number of thioether (sulfide) groups is 1. The van der Waals surface area contributed by atoms with Crippen LogP contribution in [-0.4, -0.2) is 40.1 Å². The van der Waals surface area contributed by atoms with Gasteiger partial charge in [-0.1, -0.05) is 125 Å². The lowest BCUT2D eigenvalue weighted by atomic mass is 9.99. The van der Waals surface area contributed by atoms with Gasteiger partial charge in [0.15, 0.2) is 16.7 Å². The summed E-state index contributed by atoms with van der Waals surface area (Å²) < 4.78 is 25.8. The minimum Gasteiger partial charge on any atom is -0.490 e. The van der Waals surface area contributed by atoms with E-state index < -0.39 is 17.9 Å². The highest BCUT2D eigenvalue weighted by molar-refractivity contribution is 9.10. The smallest absolute Gasteiger partial charge is 0.285 e. The highest BCUT2D eigenvalue weighted by atomic mass is 79.9. The first kappa shape index (κ1) is 38.7. The largest absolute Gasteiger partial charge is 0.490 e. The number of nitrogens with zero attached hydrogens (tertiary/aromatic N) is 2. The first-order valence-corrected chi connectivity index (χ1v) is 18.5. The molecule has 0 saturated carbocycles. The fraction of sp³-hybridized carbons (Fsp3) is 0.143. The van der Waals surface area contributed by atoms with E-state index in [1.807, 2.05) is 67.6 Å². The van der Waals surface area contributed by atoms with Crippen LogP contribution in [0.4, 0.5) is 4.39 Å². The van der Waals surface area contributed by atoms with Crippen molar-refractivity contribution in [1.29, 1.82) is 0 Å². The molecule has 1 N–H and O–H groups in total. The number of carbonyl (C=O) groups is 3. The van der Waals surface area contributed by atoms with Crippen molar-refractivity contribution in [2.75, 3.05) is 12.4 Å². The van der Waals surface area contributed by atoms with Crippen LogP contribution in [-0.2, 0) is 21.0 Å². The van der Waals surface area contributed by atoms with E-state index in [1.54, 1.807) is 55.5 Å². The Morgan fingerprint density at radius 3 is 2.23 bits per heavy atom. The quantitative estimate of drug-likeness (QED) is 0.0778. The van der Waals surface area contributed by atoms with E-state index in [4.69, 9.17) is 9.47 Å². The molecule has 3 amide bonds. The molecule has 1 aliphatic heterocycles. The third-order valence-corrected chi connectivity index (χ3v) is 9.51. The minimum absolute atomic E-state index is 0.0590. The Morgan fingerprint density at radius 2 is 1.62 bits per heavy atom. The summed E-state index contributed by atoms with van der Waals surface area (Å²) >= 11 is 4.53. The van der Waals surface area contributed by atoms with Crippen LogP contribution < -0.4 is 14.8 Å². The monoisotopic (exact) mass is 793 g/mol. The van der Waals surface area contributed by atoms with Crippen molar-refractivity contribution in [1.82, 2.24) is 10.2 Å². The van der Waals surface area contributed by atoms with Crippen LogP contribution in [0.2, 0.25) is 0 Å². The van der Waals surface area contributed by atoms with Gasteiger partial charge in [-0.15, -0.1) is 0 Å². The molecule has 0 spiro atoms. The maximum atomic E-state index is 14.2. The van der Waals surface area contributed by atoms with Gasteiger partial charge in [0.1, 0.15) is 18.0 Å². The Kier molecular flexibility index (Phi) is 13.7. The fourth-order valence-electron chi connectivity index (χ4n) is 5.33. The van der Waals surface area contributed by atoms with Crippen molar-refractivity contribution in [3.63, 3.8) is 0 Å². The van der Waals surface area contributed by atoms with Crippen molar-refractivity contribution >= 4 is 56.7 Å². The Bertz CT molecular complexity index is 2040. The average Bonchev–Trinajstić information content (AvgIpc) is 3.17. The molecular formula is C42H37BrFN3O5S. The van der Waals surface area contributed by atoms with Gasteiger partial charge in [-0.3, -0.25) is 19.3 Å². The number of allylic oxidation sites excluding steroid dienone is 4. The highest BCUT2D eigenvalue weighted by Crippen LogP contribution is 2.36. The van der Waals surface area contributed by atoms with Gasteiger partial charge in [-0.2, -0.15) is 4.99 Å². The molecular weight excluding hydrogens is 757 g/mol. The number of halogens is 2. The summed E-state index contributed by atoms with van der Waals surface area (Å²) in [6.45, 7) is 7.80. The number of amides is 3. The van der Waals surface area contributed by atoms with Crippen molar-refractivity contribution in [2.45, 2.75) is 26.5 Å². The van der Waals surface area contributed by atoms with Crippen molar-refractivity contribution in [3.05, 3.63) is 172 Å². The summed E-state index contributed by atoms with van der Waals surface area (Å²) in [6, 6.07) is 28.1. The summed E-state index contributed by atoms with van der Waals surface area (Å²) in [7, 11) is 0. The molecule has 0 radical (unpaired) electrons. The molecule has 8 nitrogen and oxygen atoms in total. The Hall–Kier alpha value is -5.52. The number of hydrogen-bond acceptors (Lipinski definition) is 6. The first-order valence-electron chi connectivity index (χ1n) is 16.7. The van der Waals surface area contributed by atoms with E-state index in [2.05, 4.69) is 32.8 Å². The number of rotatable bonds is 14. The molecule has 53 heavy (non-hydrogen) atoms. The number of benzene rings is 4. The molecule has 11 heteroatoms. The second-order valence-electron chi connectivity index (χ2n) is 11.5. The van der Waals surface area contributed by atoms with Gasteiger partial charge >= 0.3 is 0 Å². The van der Waals surface area contributed by atoms with Crippen LogP contribution in [0.15, 0.2) is 149 Å². The Labute approximate surface area is 320 Å². The molecule has 0 aliphatic carbocycles. The second-order valence-corrected chi connectivity index (χ2v) is 13.3. The molecule has 0 unspecified atom stereocenters. The molecule has 270 valence electrons. The van der Waals surface area contributed by atoms with Crippen molar-refractivity contribution < 1.29 is 28.2 Å². The number of amidine groups is 1. The number of aliphatic imine (C=N–C) groups is 1. The Morgan fingerprint density at radius 1 is 0.981 bits per heavy atom. The number of ether oxygens (including phenoxy) is 2. The lowest BCUT2D eigenvalue weighted by molar-refractivity contribution is -0.126. The van der Waals surface area contributed by atoms with E-state index in [-0.39, 0.29) is 34.8 Å². The maximum absolute atomic E-state index is 14.2. The summed E-state index contributed by atoms with van der Waals surface area (Å²) in [5.74, 6) is -1.35. The molecule has 0 aromatic heterocycles. The van der Waals surface area contributed by atoms with E-state index in [0.717, 1.165) is 28.5 Å². The normalized spacial score (nSPS) is 14.1. The van der Waals surface area contributed by atoms with Gasteiger partial charge in [-0.25, -0.2) is 4.39 Å². The first-order chi connectivity index (χ1) is 25.7. The van der Waals surface area contributed by atoms with E-state index in [9.17, 15) is 18.8 Å². The lowest BCUT2D eigenvalue weighted by Gasteiger charge is -2.28. The van der Waals surface area contributed by atoms with Gasteiger partial charge in [-0.05, 0) is 72.5 Å². The van der Waals surface area contributed by atoms with Crippen LogP contribution in [0.1, 0.15) is 42.1 Å². The van der Waals surface area contributed by atoms with Crippen molar-refractivity contribution in [2.24, 2.45) is 4.99 Å². The molecule has 0 atom stereocenters. The van der Waals surface area contributed by atoms with Crippen molar-refractivity contribution in [3.8, 4) is 11.5 Å². The number of nitrogens with one attached hydrogen (secondary N) is 1. The lowest BCUT2D eigenvalue weighted by Crippen LogP contribution is -2.42. The van der Waals surface area contributed by atoms with Gasteiger partial charge in [0.25, 0.3) is 11.8 Å². The maximum Gasteiger partial charge on any atom is 0.285 e. The molecule has 0 bridgehead atoms. The molecule has 1 aliphatic rings. The third kappa shape index (κ3) is 10.1. The number of carbonyl (C=O) groups excluding carboxylic acids is 3. The predicted molar refractivity (Wildman–Crippen MR) is 212 cm³/mol. The zero-order valence-corrected chi connectivity index (χ0v) is 31.5. The molecule has 0 fully saturated rings. The number of hydrogen-bond donors (Lipinski definition) is 1. The molecule has 0 saturated heterocycles. The zero-order chi connectivity index (χ0) is 37.7. The molecule has 5 rings (SSSR count). The minimum atomic E-state index is -0.759. The van der Waals surface area contributed by atoms with Gasteiger partial charge < -0.3 is 14.8 Å². The summed E-state index contributed by atoms with van der Waals surface area (Å²) in [5, 5.41) is 3.15. The van der Waals surface area contributed by atoms with Crippen LogP contribution in [0.5, 0.6) is 11.5 Å². The zero-order valence-electron chi connectivity index (χ0n) is 29.1. The molecule has 1 heterocycles. The predicted octanol–water partition coefficient (Wildman–Crippen LogP) is 8.96. The van der Waals surface area contributed by atoms with Crippen LogP contribution >= 0.6 is 27.7 Å². The van der Waals surface area contributed by atoms with Gasteiger partial charge in [0, 0.05) is 10.2 Å². The highest BCUT2D eigenvalue weighted by Gasteiger charge is 2.35. The van der Waals surface area contributed by atoms with E-state index in [0.29, 0.717) is 33.8 Å².